The van der Waals surface area contributed by atoms with E-state index >= 15 is 0 Å². The van der Waals surface area contributed by atoms with E-state index < -0.39 is 0 Å². The van der Waals surface area contributed by atoms with Gasteiger partial charge < -0.3 is 0 Å². The zero-order valence-corrected chi connectivity index (χ0v) is 12.5. The van der Waals surface area contributed by atoms with Gasteiger partial charge in [-0.1, -0.05) is 0 Å². The molecule has 0 radical (unpaired) electrons. The molecule has 1 unspecified atom stereocenters. The van der Waals surface area contributed by atoms with Gasteiger partial charge in [0.05, 0.1) is 0 Å². The third kappa shape index (κ3) is 4.59. The van der Waals surface area contributed by atoms with Gasteiger partial charge in [0, 0.05) is 0 Å². The number of thiocarbonyl (C=S) groups is 1. The Hall–Kier alpha value is -0.461. The van der Waals surface area contributed by atoms with Crippen LogP contribution in [0.5, 0.6) is 0 Å². The molecule has 1 nitrogen and oxygen atoms in total. The first kappa shape index (κ1) is 13.6. The third-order valence-electron chi connectivity index (χ3n) is 2.31. The Labute approximate surface area is 110 Å². The monoisotopic (exact) mass is 299 g/mol. The first-order chi connectivity index (χ1) is 7.54. The zero-order valence-electron chi connectivity index (χ0n) is 9.93. The second-order valence-corrected chi connectivity index (χ2v) is 7.58. The fraction of sp³-hybridized carbons (Fsp3) is 0.462. The van der Waals surface area contributed by atoms with Crippen molar-refractivity contribution in [3.63, 3.8) is 0 Å². The molecule has 86 valence electrons. The average molecular weight is 298 g/mol. The third-order valence-corrected chi connectivity index (χ3v) is 5.97. The predicted octanol–water partition coefficient (Wildman–Crippen LogP) is 2.95. The van der Waals surface area contributed by atoms with Crippen molar-refractivity contribution in [1.82, 2.24) is 0 Å². The van der Waals surface area contributed by atoms with E-state index in [9.17, 15) is 0 Å². The number of isothiocyanates is 1. The minimum absolute atomic E-state index is 0.269. The summed E-state index contributed by atoms with van der Waals surface area (Å²) < 4.78 is 1.43. The Morgan fingerprint density at radius 2 is 1.94 bits per heavy atom. The van der Waals surface area contributed by atoms with E-state index in [0.29, 0.717) is 19.8 Å². The van der Waals surface area contributed by atoms with E-state index in [0.717, 1.165) is 6.54 Å². The topological polar surface area (TPSA) is 12.4 Å². The maximum atomic E-state index is 4.65. The molecule has 0 amide bonds. The van der Waals surface area contributed by atoms with Crippen molar-refractivity contribution in [1.29, 1.82) is 0 Å². The fourth-order valence-electron chi connectivity index (χ4n) is 1.27. The molecule has 0 aliphatic rings. The van der Waals surface area contributed by atoms with Crippen LogP contribution in [0.15, 0.2) is 35.3 Å². The van der Waals surface area contributed by atoms with Crippen LogP contribution in [0.3, 0.4) is 0 Å². The van der Waals surface area contributed by atoms with Crippen LogP contribution >= 0.6 is 12.2 Å². The number of hydrogen-bond acceptors (Lipinski definition) is 2. The molecule has 0 bridgehead atoms. The summed E-state index contributed by atoms with van der Waals surface area (Å²) in [5.41, 5.74) is 0.269. The molecule has 0 N–H and O–H groups in total. The van der Waals surface area contributed by atoms with Gasteiger partial charge in [-0.3, -0.25) is 0 Å². The second-order valence-electron chi connectivity index (χ2n) is 4.72. The van der Waals surface area contributed by atoms with Crippen molar-refractivity contribution < 1.29 is 0 Å². The van der Waals surface area contributed by atoms with Gasteiger partial charge in [0.1, 0.15) is 0 Å². The Balaban J connectivity index is 2.75. The second kappa shape index (κ2) is 6.32. The number of benzene rings is 1. The van der Waals surface area contributed by atoms with Crippen molar-refractivity contribution in [2.24, 2.45) is 10.4 Å². The van der Waals surface area contributed by atoms with Gasteiger partial charge in [-0.15, -0.1) is 0 Å². The van der Waals surface area contributed by atoms with Crippen LogP contribution in [0.4, 0.5) is 0 Å². The van der Waals surface area contributed by atoms with Crippen LogP contribution in [0.1, 0.15) is 20.8 Å². The van der Waals surface area contributed by atoms with Crippen molar-refractivity contribution in [3.05, 3.63) is 30.3 Å². The molecule has 0 fully saturated rings. The summed E-state index contributed by atoms with van der Waals surface area (Å²) in [6.07, 6.45) is 0. The van der Waals surface area contributed by atoms with Gasteiger partial charge in [-0.25, -0.2) is 0 Å². The zero-order chi connectivity index (χ0) is 12.0. The summed E-state index contributed by atoms with van der Waals surface area (Å²) in [6, 6.07) is 10.6. The molecule has 0 saturated heterocycles. The molecule has 1 rings (SSSR count). The molecule has 1 atom stereocenters. The first-order valence-electron chi connectivity index (χ1n) is 5.29. The van der Waals surface area contributed by atoms with Crippen molar-refractivity contribution in [2.75, 3.05) is 6.54 Å². The van der Waals surface area contributed by atoms with E-state index in [2.05, 4.69) is 73.5 Å². The SMILES string of the molecule is CC(C)(C)C(CN=C=S)[Se]c1ccccc1. The fourth-order valence-corrected chi connectivity index (χ4v) is 3.75. The van der Waals surface area contributed by atoms with Crippen LogP contribution < -0.4 is 4.46 Å². The van der Waals surface area contributed by atoms with E-state index in [4.69, 9.17) is 0 Å². The van der Waals surface area contributed by atoms with Gasteiger partial charge in [-0.05, 0) is 0 Å². The number of nitrogens with zero attached hydrogens (tertiary/aromatic N) is 1. The van der Waals surface area contributed by atoms with E-state index in [1.807, 2.05) is 0 Å². The average Bonchev–Trinajstić information content (AvgIpc) is 2.24. The number of aliphatic imine (C=N–C) groups is 1. The molecule has 3 heteroatoms. The molecule has 0 aliphatic heterocycles. The summed E-state index contributed by atoms with van der Waals surface area (Å²) in [4.78, 5) is 4.68. The van der Waals surface area contributed by atoms with E-state index in [1.54, 1.807) is 0 Å². The Bertz CT molecular complexity index is 363. The van der Waals surface area contributed by atoms with Crippen molar-refractivity contribution >= 4 is 36.8 Å². The molecule has 0 aliphatic carbocycles. The standard InChI is InChI=1S/C13H17NSSe/c1-13(2,3)12(9-14-10-15)16-11-7-5-4-6-8-11/h4-8,12H,9H2,1-3H3. The minimum atomic E-state index is 0.269. The Morgan fingerprint density at radius 1 is 1.31 bits per heavy atom. The molecular weight excluding hydrogens is 281 g/mol. The van der Waals surface area contributed by atoms with Crippen LogP contribution in [0.2, 0.25) is 4.82 Å². The molecule has 1 aromatic rings. The molecular formula is C13H17NSSe. The van der Waals surface area contributed by atoms with Crippen LogP contribution in [0.25, 0.3) is 0 Å². The molecule has 0 spiro atoms. The summed E-state index contributed by atoms with van der Waals surface area (Å²) in [5.74, 6) is 0. The molecule has 1 aromatic carbocycles. The van der Waals surface area contributed by atoms with Crippen LogP contribution in [0, 0.1) is 5.41 Å². The summed E-state index contributed by atoms with van der Waals surface area (Å²) in [5, 5.41) is 2.47. The molecule has 0 aromatic heterocycles. The molecule has 0 saturated carbocycles. The Kier molecular flexibility index (Phi) is 5.37. The first-order valence-corrected chi connectivity index (χ1v) is 7.55. The maximum absolute atomic E-state index is 4.65. The summed E-state index contributed by atoms with van der Waals surface area (Å²) in [6.45, 7) is 7.59. The number of hydrogen-bond donors (Lipinski definition) is 0. The van der Waals surface area contributed by atoms with E-state index in [1.165, 1.54) is 4.46 Å². The predicted molar refractivity (Wildman–Crippen MR) is 74.9 cm³/mol. The molecule has 16 heavy (non-hydrogen) atoms. The van der Waals surface area contributed by atoms with Gasteiger partial charge in [-0.2, -0.15) is 0 Å². The van der Waals surface area contributed by atoms with Gasteiger partial charge in [0.2, 0.25) is 0 Å². The van der Waals surface area contributed by atoms with Gasteiger partial charge >= 0.3 is 110 Å². The quantitative estimate of drug-likeness (QED) is 0.473. The normalized spacial score (nSPS) is 12.9. The summed E-state index contributed by atoms with van der Waals surface area (Å²) >= 11 is 5.09. The van der Waals surface area contributed by atoms with Crippen LogP contribution in [-0.2, 0) is 0 Å². The van der Waals surface area contributed by atoms with Gasteiger partial charge in [0.25, 0.3) is 0 Å². The van der Waals surface area contributed by atoms with Crippen molar-refractivity contribution in [3.8, 4) is 0 Å². The van der Waals surface area contributed by atoms with Crippen molar-refractivity contribution in [2.45, 2.75) is 25.6 Å². The number of rotatable bonds is 4. The molecule has 0 heterocycles. The summed E-state index contributed by atoms with van der Waals surface area (Å²) in [7, 11) is 0. The van der Waals surface area contributed by atoms with Crippen LogP contribution in [-0.4, -0.2) is 26.7 Å². The Morgan fingerprint density at radius 3 is 2.44 bits per heavy atom. The van der Waals surface area contributed by atoms with Gasteiger partial charge in [0.15, 0.2) is 0 Å². The van der Waals surface area contributed by atoms with E-state index in [-0.39, 0.29) is 5.41 Å².